The second-order valence-corrected chi connectivity index (χ2v) is 10.4. The third-order valence-corrected chi connectivity index (χ3v) is 7.96. The van der Waals surface area contributed by atoms with Crippen LogP contribution < -0.4 is 4.72 Å². The zero-order valence-electron chi connectivity index (χ0n) is 15.2. The second kappa shape index (κ2) is 8.00. The highest BCUT2D eigenvalue weighted by Gasteiger charge is 2.30. The van der Waals surface area contributed by atoms with E-state index in [-0.39, 0.29) is 16.7 Å². The van der Waals surface area contributed by atoms with Gasteiger partial charge >= 0.3 is 0 Å². The molecule has 0 saturated carbocycles. The molecule has 8 heteroatoms. The molecule has 6 nitrogen and oxygen atoms in total. The maximum Gasteiger partial charge on any atom is 0.243 e. The summed E-state index contributed by atoms with van der Waals surface area (Å²) in [5.74, 6) is -0.140. The normalized spacial score (nSPS) is 18.9. The maximum atomic E-state index is 12.8. The Kier molecular flexibility index (Phi) is 5.88. The van der Waals surface area contributed by atoms with Crippen molar-refractivity contribution in [2.45, 2.75) is 42.9 Å². The summed E-state index contributed by atoms with van der Waals surface area (Å²) >= 11 is 0. The Morgan fingerprint density at radius 3 is 2.26 bits per heavy atom. The van der Waals surface area contributed by atoms with E-state index >= 15 is 0 Å². The molecule has 1 heterocycles. The van der Waals surface area contributed by atoms with Crippen molar-refractivity contribution in [3.8, 4) is 0 Å². The third kappa shape index (κ3) is 4.88. The Morgan fingerprint density at radius 1 is 0.963 bits per heavy atom. The van der Waals surface area contributed by atoms with Gasteiger partial charge in [-0.1, -0.05) is 36.8 Å². The van der Waals surface area contributed by atoms with Crippen LogP contribution in [0.2, 0.25) is 0 Å². The van der Waals surface area contributed by atoms with Crippen molar-refractivity contribution in [1.29, 1.82) is 0 Å². The maximum absolute atomic E-state index is 12.8. The second-order valence-electron chi connectivity index (χ2n) is 6.83. The summed E-state index contributed by atoms with van der Waals surface area (Å²) in [6, 6.07) is 14.8. The quantitative estimate of drug-likeness (QED) is 0.796. The van der Waals surface area contributed by atoms with E-state index < -0.39 is 20.0 Å². The van der Waals surface area contributed by atoms with Gasteiger partial charge in [0.15, 0.2) is 0 Å². The Labute approximate surface area is 161 Å². The van der Waals surface area contributed by atoms with Crippen LogP contribution in [0.4, 0.5) is 5.69 Å². The highest BCUT2D eigenvalue weighted by Crippen LogP contribution is 2.26. The first-order valence-electron chi connectivity index (χ1n) is 8.94. The van der Waals surface area contributed by atoms with Crippen molar-refractivity contribution in [3.05, 3.63) is 60.2 Å². The fraction of sp³-hybridized carbons (Fsp3) is 0.368. The predicted octanol–water partition coefficient (Wildman–Crippen LogP) is 3.19. The molecule has 0 aromatic heterocycles. The molecule has 1 aliphatic heterocycles. The van der Waals surface area contributed by atoms with E-state index in [9.17, 15) is 16.8 Å². The number of anilines is 1. The molecule has 0 amide bonds. The number of piperidine rings is 1. The fourth-order valence-electron chi connectivity index (χ4n) is 3.27. The number of hydrogen-bond acceptors (Lipinski definition) is 4. The first kappa shape index (κ1) is 19.9. The first-order valence-corrected chi connectivity index (χ1v) is 12.0. The zero-order chi connectivity index (χ0) is 19.5. The summed E-state index contributed by atoms with van der Waals surface area (Å²) in [5.41, 5.74) is 1.03. The van der Waals surface area contributed by atoms with Gasteiger partial charge in [-0.2, -0.15) is 4.31 Å². The largest absolute Gasteiger partial charge is 0.283 e. The van der Waals surface area contributed by atoms with Gasteiger partial charge in [-0.05, 0) is 49.6 Å². The minimum Gasteiger partial charge on any atom is -0.283 e. The summed E-state index contributed by atoms with van der Waals surface area (Å²) in [4.78, 5) is 0.183. The Balaban J connectivity index is 1.73. The summed E-state index contributed by atoms with van der Waals surface area (Å²) in [6.45, 7) is 2.44. The standard InChI is InChI=1S/C19H24N2O4S2/c1-16-7-5-6-14-21(16)27(24,25)19-12-10-18(11-13-19)20-26(22,23)15-17-8-3-2-4-9-17/h2-4,8-13,16,20H,5-7,14-15H2,1H3. The summed E-state index contributed by atoms with van der Waals surface area (Å²) in [7, 11) is -7.14. The number of benzene rings is 2. The first-order chi connectivity index (χ1) is 12.8. The predicted molar refractivity (Wildman–Crippen MR) is 106 cm³/mol. The Bertz CT molecular complexity index is 972. The van der Waals surface area contributed by atoms with E-state index in [1.54, 1.807) is 24.3 Å². The lowest BCUT2D eigenvalue weighted by Crippen LogP contribution is -2.41. The molecule has 0 aliphatic carbocycles. The van der Waals surface area contributed by atoms with Gasteiger partial charge < -0.3 is 0 Å². The van der Waals surface area contributed by atoms with Crippen LogP contribution in [0.3, 0.4) is 0 Å². The molecule has 27 heavy (non-hydrogen) atoms. The van der Waals surface area contributed by atoms with Crippen LogP contribution in [0, 0.1) is 0 Å². The molecule has 1 fully saturated rings. The molecule has 3 rings (SSSR count). The van der Waals surface area contributed by atoms with Crippen LogP contribution in [0.15, 0.2) is 59.5 Å². The molecule has 1 N–H and O–H groups in total. The van der Waals surface area contributed by atoms with Crippen molar-refractivity contribution >= 4 is 25.7 Å². The van der Waals surface area contributed by atoms with Crippen LogP contribution in [0.5, 0.6) is 0 Å². The Hall–Kier alpha value is -1.90. The van der Waals surface area contributed by atoms with E-state index in [1.807, 2.05) is 13.0 Å². The van der Waals surface area contributed by atoms with E-state index in [0.717, 1.165) is 19.3 Å². The van der Waals surface area contributed by atoms with Gasteiger partial charge in [0, 0.05) is 18.3 Å². The molecule has 0 bridgehead atoms. The molecule has 146 valence electrons. The van der Waals surface area contributed by atoms with Crippen LogP contribution in [0.25, 0.3) is 0 Å². The van der Waals surface area contributed by atoms with Crippen LogP contribution in [-0.4, -0.2) is 33.7 Å². The molecule has 1 aliphatic rings. The number of nitrogens with one attached hydrogen (secondary N) is 1. The molecule has 0 radical (unpaired) electrons. The summed E-state index contributed by atoms with van der Waals surface area (Å²) in [5, 5.41) is 0. The number of rotatable bonds is 6. The van der Waals surface area contributed by atoms with Gasteiger partial charge in [-0.3, -0.25) is 4.72 Å². The molecule has 2 aromatic carbocycles. The van der Waals surface area contributed by atoms with Crippen LogP contribution in [-0.2, 0) is 25.8 Å². The number of nitrogens with zero attached hydrogens (tertiary/aromatic N) is 1. The van der Waals surface area contributed by atoms with E-state index in [4.69, 9.17) is 0 Å². The van der Waals surface area contributed by atoms with Crippen molar-refractivity contribution in [1.82, 2.24) is 4.31 Å². The molecule has 0 spiro atoms. The zero-order valence-corrected chi connectivity index (χ0v) is 16.8. The van der Waals surface area contributed by atoms with Crippen molar-refractivity contribution < 1.29 is 16.8 Å². The topological polar surface area (TPSA) is 83.6 Å². The van der Waals surface area contributed by atoms with Crippen LogP contribution in [0.1, 0.15) is 31.7 Å². The molecular formula is C19H24N2O4S2. The Morgan fingerprint density at radius 2 is 1.63 bits per heavy atom. The van der Waals surface area contributed by atoms with E-state index in [2.05, 4.69) is 4.72 Å². The van der Waals surface area contributed by atoms with Gasteiger partial charge in [-0.25, -0.2) is 16.8 Å². The minimum absolute atomic E-state index is 0.0206. The molecule has 1 atom stereocenters. The lowest BCUT2D eigenvalue weighted by Gasteiger charge is -2.32. The van der Waals surface area contributed by atoms with Gasteiger partial charge in [0.2, 0.25) is 20.0 Å². The highest BCUT2D eigenvalue weighted by molar-refractivity contribution is 7.92. The smallest absolute Gasteiger partial charge is 0.243 e. The third-order valence-electron chi connectivity index (χ3n) is 4.68. The van der Waals surface area contributed by atoms with Gasteiger partial charge in [-0.15, -0.1) is 0 Å². The number of sulfonamides is 2. The van der Waals surface area contributed by atoms with E-state index in [0.29, 0.717) is 17.8 Å². The molecule has 1 unspecified atom stereocenters. The average Bonchev–Trinajstić information content (AvgIpc) is 2.62. The van der Waals surface area contributed by atoms with Crippen LogP contribution >= 0.6 is 0 Å². The highest BCUT2D eigenvalue weighted by atomic mass is 32.2. The fourth-order valence-corrected chi connectivity index (χ4v) is 6.17. The van der Waals surface area contributed by atoms with Gasteiger partial charge in [0.1, 0.15) is 0 Å². The van der Waals surface area contributed by atoms with Gasteiger partial charge in [0.05, 0.1) is 10.6 Å². The van der Waals surface area contributed by atoms with Crippen molar-refractivity contribution in [3.63, 3.8) is 0 Å². The SMILES string of the molecule is CC1CCCCN1S(=O)(=O)c1ccc(NS(=O)(=O)Cc2ccccc2)cc1. The van der Waals surface area contributed by atoms with Gasteiger partial charge in [0.25, 0.3) is 0 Å². The minimum atomic E-state index is -3.58. The lowest BCUT2D eigenvalue weighted by molar-refractivity contribution is 0.268. The van der Waals surface area contributed by atoms with Crippen molar-refractivity contribution in [2.75, 3.05) is 11.3 Å². The molecular weight excluding hydrogens is 384 g/mol. The van der Waals surface area contributed by atoms with Crippen molar-refractivity contribution in [2.24, 2.45) is 0 Å². The molecule has 2 aromatic rings. The lowest BCUT2D eigenvalue weighted by atomic mass is 10.1. The number of hydrogen-bond donors (Lipinski definition) is 1. The molecule has 1 saturated heterocycles. The monoisotopic (exact) mass is 408 g/mol. The summed E-state index contributed by atoms with van der Waals surface area (Å²) < 4.78 is 54.3. The summed E-state index contributed by atoms with van der Waals surface area (Å²) in [6.07, 6.45) is 2.76. The average molecular weight is 409 g/mol. The van der Waals surface area contributed by atoms with E-state index in [1.165, 1.54) is 28.6 Å².